The smallest absolute Gasteiger partial charge is 0.356 e. The second-order valence-electron chi connectivity index (χ2n) is 15.9. The molecule has 0 aliphatic carbocycles. The van der Waals surface area contributed by atoms with E-state index in [1.165, 1.54) is 97.1 Å². The molecule has 364 valence electrons. The number of rotatable bonds is 10. The molecule has 0 aromatic heterocycles. The maximum absolute atomic E-state index is 16.1. The zero-order valence-electron chi connectivity index (χ0n) is 35.8. The Kier molecular flexibility index (Phi) is 14.4. The van der Waals surface area contributed by atoms with E-state index in [0.29, 0.717) is 0 Å². The number of hydrogen-bond donors (Lipinski definition) is 0. The fourth-order valence-corrected chi connectivity index (χ4v) is 9.75. The molecule has 0 atom stereocenters. The van der Waals surface area contributed by atoms with Crippen LogP contribution in [-0.2, 0) is 29.4 Å². The highest BCUT2D eigenvalue weighted by Crippen LogP contribution is 2.54. The summed E-state index contributed by atoms with van der Waals surface area (Å²) in [5.41, 5.74) is -15.0. The lowest BCUT2D eigenvalue weighted by Gasteiger charge is -2.34. The lowest BCUT2D eigenvalue weighted by molar-refractivity contribution is -0.141. The van der Waals surface area contributed by atoms with Gasteiger partial charge in [-0.25, -0.2) is 0 Å². The Bertz CT molecular complexity index is 2840. The summed E-state index contributed by atoms with van der Waals surface area (Å²) in [5.74, 6) is 0. The van der Waals surface area contributed by atoms with E-state index in [4.69, 9.17) is 51.1 Å². The SMILES string of the molecule is FC(F)(F)c1c(-c2ccccc2Cl)cccc1C(OC(c1cccc(-c2ccccc2Cl)c1C(F)(F)F)c1cccc(-c2ccccc2Cl)c1C(F)(F)F)c1cccc(-c2ccccc2Cl)c1C(F)(F)F. The molecule has 71 heavy (non-hydrogen) atoms. The fourth-order valence-electron chi connectivity index (χ4n) is 8.80. The van der Waals surface area contributed by atoms with Crippen LogP contribution in [0.2, 0.25) is 20.1 Å². The van der Waals surface area contributed by atoms with Crippen LogP contribution in [0.5, 0.6) is 0 Å². The third-order valence-electron chi connectivity index (χ3n) is 11.6. The molecule has 8 aromatic carbocycles. The second kappa shape index (κ2) is 19.9. The van der Waals surface area contributed by atoms with Crippen LogP contribution in [0.4, 0.5) is 52.7 Å². The van der Waals surface area contributed by atoms with E-state index < -0.39 is 104 Å². The zero-order valence-corrected chi connectivity index (χ0v) is 38.8. The number of halogens is 16. The Balaban J connectivity index is 1.57. The molecular weight excluding hydrogens is 1030 g/mol. The van der Waals surface area contributed by atoms with Crippen LogP contribution in [-0.4, -0.2) is 0 Å². The number of benzene rings is 8. The lowest BCUT2D eigenvalue weighted by Crippen LogP contribution is -2.25. The molecule has 8 rings (SSSR count). The molecule has 0 saturated heterocycles. The molecule has 17 heteroatoms. The minimum absolute atomic E-state index is 0.236. The predicted octanol–water partition coefficient (Wildman–Crippen LogP) is 19.9. The quantitative estimate of drug-likeness (QED) is 0.124. The Morgan fingerprint density at radius 3 is 0.620 bits per heavy atom. The Morgan fingerprint density at radius 1 is 0.254 bits per heavy atom. The fraction of sp³-hybridized carbons (Fsp3) is 0.111. The topological polar surface area (TPSA) is 9.23 Å². The summed E-state index contributed by atoms with van der Waals surface area (Å²) in [6.45, 7) is 0. The van der Waals surface area contributed by atoms with Crippen LogP contribution in [0.1, 0.15) is 56.7 Å². The van der Waals surface area contributed by atoms with Crippen molar-refractivity contribution in [1.82, 2.24) is 0 Å². The largest absolute Gasteiger partial charge is 0.417 e. The minimum Gasteiger partial charge on any atom is -0.356 e. The summed E-state index contributed by atoms with van der Waals surface area (Å²) >= 11 is 25.8. The van der Waals surface area contributed by atoms with Gasteiger partial charge in [-0.15, -0.1) is 0 Å². The van der Waals surface area contributed by atoms with E-state index in [2.05, 4.69) is 0 Å². The van der Waals surface area contributed by atoms with Crippen molar-refractivity contribution in [3.8, 4) is 44.5 Å². The van der Waals surface area contributed by atoms with E-state index >= 15 is 52.7 Å². The van der Waals surface area contributed by atoms with Gasteiger partial charge in [0, 0.05) is 42.3 Å². The van der Waals surface area contributed by atoms with E-state index in [9.17, 15) is 0 Å². The van der Waals surface area contributed by atoms with Crippen LogP contribution in [0.15, 0.2) is 170 Å². The summed E-state index contributed by atoms with van der Waals surface area (Å²) in [6.07, 6.45) is -27.7. The number of alkyl halides is 12. The standard InChI is InChI=1S/C54H30Cl4F12O/c55-41-25-5-1-13-29(41)33-17-9-21-37(45(33)51(59,60)61)49(38-22-10-18-34(46(38)52(62,63)64)30-14-2-6-26-42(30)56)71-50(39-23-11-19-35(47(39)53(65,66)67)31-15-3-7-27-43(31)57)40-24-12-20-36(48(40)54(68,69)70)32-16-4-8-28-44(32)58/h1-28,49-50H. The van der Waals surface area contributed by atoms with Crippen LogP contribution in [0.25, 0.3) is 44.5 Å². The van der Waals surface area contributed by atoms with E-state index in [0.717, 1.165) is 72.8 Å². The van der Waals surface area contributed by atoms with Crippen LogP contribution >= 0.6 is 46.4 Å². The number of hydrogen-bond acceptors (Lipinski definition) is 1. The molecule has 0 aliphatic heterocycles. The van der Waals surface area contributed by atoms with Crippen molar-refractivity contribution in [3.05, 3.63) is 234 Å². The van der Waals surface area contributed by atoms with Crippen molar-refractivity contribution in [2.75, 3.05) is 0 Å². The van der Waals surface area contributed by atoms with Gasteiger partial charge in [-0.1, -0.05) is 192 Å². The first-order chi connectivity index (χ1) is 33.5. The molecular formula is C54H30Cl4F12O. The molecule has 0 unspecified atom stereocenters. The normalized spacial score (nSPS) is 12.5. The summed E-state index contributed by atoms with van der Waals surface area (Å²) in [4.78, 5) is 0. The van der Waals surface area contributed by atoms with Gasteiger partial charge in [-0.3, -0.25) is 0 Å². The van der Waals surface area contributed by atoms with Gasteiger partial charge in [0.15, 0.2) is 0 Å². The second-order valence-corrected chi connectivity index (χ2v) is 17.5. The lowest BCUT2D eigenvalue weighted by atomic mass is 9.84. The highest BCUT2D eigenvalue weighted by atomic mass is 35.5. The molecule has 0 amide bonds. The molecule has 0 radical (unpaired) electrons. The average molecular weight is 1060 g/mol. The first-order valence-electron chi connectivity index (χ1n) is 20.9. The maximum Gasteiger partial charge on any atom is 0.417 e. The molecule has 0 bridgehead atoms. The van der Waals surface area contributed by atoms with Crippen molar-refractivity contribution < 1.29 is 57.4 Å². The summed E-state index contributed by atoms with van der Waals surface area (Å²) in [5, 5.41) is -0.946. The van der Waals surface area contributed by atoms with Crippen molar-refractivity contribution in [2.45, 2.75) is 36.9 Å². The summed E-state index contributed by atoms with van der Waals surface area (Å²) in [6, 6.07) is 31.7. The molecule has 0 fully saturated rings. The van der Waals surface area contributed by atoms with Crippen molar-refractivity contribution in [1.29, 1.82) is 0 Å². The maximum atomic E-state index is 16.1. The summed E-state index contributed by atoms with van der Waals surface area (Å²) < 4.78 is 199. The highest BCUT2D eigenvalue weighted by Gasteiger charge is 2.48. The monoisotopic (exact) mass is 1060 g/mol. The third kappa shape index (κ3) is 10.4. The first-order valence-corrected chi connectivity index (χ1v) is 22.4. The molecule has 0 heterocycles. The van der Waals surface area contributed by atoms with Crippen LogP contribution < -0.4 is 0 Å². The Hall–Kier alpha value is -5.96. The van der Waals surface area contributed by atoms with Crippen LogP contribution in [0.3, 0.4) is 0 Å². The van der Waals surface area contributed by atoms with Gasteiger partial charge < -0.3 is 4.74 Å². The van der Waals surface area contributed by atoms with E-state index in [-0.39, 0.29) is 42.3 Å². The molecule has 0 spiro atoms. The minimum atomic E-state index is -5.51. The van der Waals surface area contributed by atoms with Gasteiger partial charge in [-0.2, -0.15) is 52.7 Å². The van der Waals surface area contributed by atoms with Gasteiger partial charge in [-0.05, 0) is 68.8 Å². The Labute approximate surface area is 417 Å². The van der Waals surface area contributed by atoms with Gasteiger partial charge in [0.2, 0.25) is 0 Å². The summed E-state index contributed by atoms with van der Waals surface area (Å²) in [7, 11) is 0. The van der Waals surface area contributed by atoms with E-state index in [1.807, 2.05) is 0 Å². The highest BCUT2D eigenvalue weighted by molar-refractivity contribution is 6.34. The zero-order chi connectivity index (χ0) is 51.2. The van der Waals surface area contributed by atoms with Gasteiger partial charge in [0.1, 0.15) is 12.2 Å². The van der Waals surface area contributed by atoms with Crippen molar-refractivity contribution in [3.63, 3.8) is 0 Å². The third-order valence-corrected chi connectivity index (χ3v) is 12.9. The van der Waals surface area contributed by atoms with Crippen LogP contribution in [0, 0.1) is 0 Å². The molecule has 0 N–H and O–H groups in total. The first kappa shape index (κ1) is 51.4. The number of ether oxygens (including phenoxy) is 1. The predicted molar refractivity (Wildman–Crippen MR) is 252 cm³/mol. The van der Waals surface area contributed by atoms with E-state index in [1.54, 1.807) is 0 Å². The van der Waals surface area contributed by atoms with Crippen molar-refractivity contribution in [2.24, 2.45) is 0 Å². The average Bonchev–Trinajstić information content (AvgIpc) is 3.30. The van der Waals surface area contributed by atoms with Gasteiger partial charge >= 0.3 is 24.7 Å². The van der Waals surface area contributed by atoms with Gasteiger partial charge in [0.05, 0.1) is 22.3 Å². The molecule has 1 nitrogen and oxygen atoms in total. The molecule has 0 aliphatic rings. The van der Waals surface area contributed by atoms with Gasteiger partial charge in [0.25, 0.3) is 0 Å². The molecule has 8 aromatic rings. The van der Waals surface area contributed by atoms with Crippen molar-refractivity contribution >= 4 is 46.4 Å². The molecule has 0 saturated carbocycles. The Morgan fingerprint density at radius 2 is 0.437 bits per heavy atom.